The molecule has 2 saturated heterocycles. The highest BCUT2D eigenvalue weighted by Gasteiger charge is 2.24. The lowest BCUT2D eigenvalue weighted by molar-refractivity contribution is -0.0323. The summed E-state index contributed by atoms with van der Waals surface area (Å²) in [6.07, 6.45) is 6.31. The normalized spacial score (nSPS) is 29.7. The van der Waals surface area contributed by atoms with Crippen molar-refractivity contribution in [1.82, 2.24) is 4.90 Å². The van der Waals surface area contributed by atoms with Gasteiger partial charge in [-0.05, 0) is 38.6 Å². The Bertz CT molecular complexity index is 256. The zero-order chi connectivity index (χ0) is 14.2. The first kappa shape index (κ1) is 16.2. The van der Waals surface area contributed by atoms with Crippen molar-refractivity contribution in [3.8, 4) is 0 Å². The zero-order valence-electron chi connectivity index (χ0n) is 12.4. The number of aliphatic hydroxyl groups is 2. The number of aliphatic hydroxyl groups excluding tert-OH is 2. The number of rotatable bonds is 8. The molecule has 5 heteroatoms. The van der Waals surface area contributed by atoms with E-state index < -0.39 is 6.10 Å². The van der Waals surface area contributed by atoms with Gasteiger partial charge in [0.2, 0.25) is 0 Å². The van der Waals surface area contributed by atoms with Crippen molar-refractivity contribution >= 4 is 0 Å². The van der Waals surface area contributed by atoms with Gasteiger partial charge in [0.25, 0.3) is 0 Å². The van der Waals surface area contributed by atoms with Crippen molar-refractivity contribution in [2.45, 2.75) is 56.8 Å². The Kier molecular flexibility index (Phi) is 7.24. The molecule has 0 bridgehead atoms. The molecule has 2 aliphatic rings. The number of hydrogen-bond acceptors (Lipinski definition) is 5. The zero-order valence-corrected chi connectivity index (χ0v) is 12.4. The van der Waals surface area contributed by atoms with Crippen molar-refractivity contribution in [2.24, 2.45) is 0 Å². The molecule has 2 fully saturated rings. The molecule has 118 valence electrons. The van der Waals surface area contributed by atoms with Crippen LogP contribution in [0.2, 0.25) is 0 Å². The van der Waals surface area contributed by atoms with Crippen LogP contribution in [-0.4, -0.2) is 72.9 Å². The lowest BCUT2D eigenvalue weighted by atomic mass is 9.99. The molecule has 0 aliphatic carbocycles. The fraction of sp³-hybridized carbons (Fsp3) is 1.00. The second-order valence-electron chi connectivity index (χ2n) is 5.98. The monoisotopic (exact) mass is 287 g/mol. The molecular weight excluding hydrogens is 258 g/mol. The molecule has 2 heterocycles. The Morgan fingerprint density at radius 3 is 2.90 bits per heavy atom. The molecule has 0 spiro atoms. The van der Waals surface area contributed by atoms with E-state index in [1.807, 2.05) is 0 Å². The molecular formula is C15H29NO4. The SMILES string of the molecule is OCC[C@@H]1CCCCN1C[C@H](O)COC[C@H]1CCCO1. The minimum absolute atomic E-state index is 0.222. The summed E-state index contributed by atoms with van der Waals surface area (Å²) in [5.74, 6) is 0. The largest absolute Gasteiger partial charge is 0.396 e. The van der Waals surface area contributed by atoms with Gasteiger partial charge in [-0.25, -0.2) is 0 Å². The van der Waals surface area contributed by atoms with E-state index in [1.165, 1.54) is 12.8 Å². The lowest BCUT2D eigenvalue weighted by Gasteiger charge is -2.36. The molecule has 0 unspecified atom stereocenters. The number of β-amino-alcohol motifs (C(OH)–C–C–N with tert-alkyl or cyclic N) is 1. The van der Waals surface area contributed by atoms with Crippen molar-refractivity contribution in [3.05, 3.63) is 0 Å². The summed E-state index contributed by atoms with van der Waals surface area (Å²) in [5, 5.41) is 19.2. The average Bonchev–Trinajstić information content (AvgIpc) is 2.94. The Hall–Kier alpha value is -0.200. The molecule has 0 aromatic carbocycles. The van der Waals surface area contributed by atoms with Crippen LogP contribution in [-0.2, 0) is 9.47 Å². The summed E-state index contributed by atoms with van der Waals surface area (Å²) >= 11 is 0. The molecule has 0 aromatic heterocycles. The van der Waals surface area contributed by atoms with Gasteiger partial charge in [-0.2, -0.15) is 0 Å². The number of hydrogen-bond donors (Lipinski definition) is 2. The number of ether oxygens (including phenoxy) is 2. The summed E-state index contributed by atoms with van der Waals surface area (Å²) in [5.41, 5.74) is 0. The van der Waals surface area contributed by atoms with Gasteiger partial charge in [0.05, 0.1) is 25.4 Å². The molecule has 2 rings (SSSR count). The predicted molar refractivity (Wildman–Crippen MR) is 76.7 cm³/mol. The van der Waals surface area contributed by atoms with Crippen LogP contribution in [0.25, 0.3) is 0 Å². The highest BCUT2D eigenvalue weighted by molar-refractivity contribution is 4.78. The maximum absolute atomic E-state index is 10.1. The summed E-state index contributed by atoms with van der Waals surface area (Å²) < 4.78 is 11.1. The summed E-state index contributed by atoms with van der Waals surface area (Å²) in [6.45, 7) is 3.71. The van der Waals surface area contributed by atoms with Crippen LogP contribution >= 0.6 is 0 Å². The Morgan fingerprint density at radius 2 is 2.15 bits per heavy atom. The summed E-state index contributed by atoms with van der Waals surface area (Å²) in [7, 11) is 0. The molecule has 5 nitrogen and oxygen atoms in total. The van der Waals surface area contributed by atoms with Gasteiger partial charge in [-0.15, -0.1) is 0 Å². The van der Waals surface area contributed by atoms with E-state index in [0.717, 1.165) is 38.8 Å². The summed E-state index contributed by atoms with van der Waals surface area (Å²) in [4.78, 5) is 2.31. The van der Waals surface area contributed by atoms with Crippen molar-refractivity contribution in [1.29, 1.82) is 0 Å². The van der Waals surface area contributed by atoms with Crippen molar-refractivity contribution in [2.75, 3.05) is 39.5 Å². The van der Waals surface area contributed by atoms with Crippen LogP contribution in [0.5, 0.6) is 0 Å². The number of nitrogens with zero attached hydrogens (tertiary/aromatic N) is 1. The molecule has 2 N–H and O–H groups in total. The highest BCUT2D eigenvalue weighted by atomic mass is 16.5. The molecule has 0 aromatic rings. The maximum atomic E-state index is 10.1. The van der Waals surface area contributed by atoms with E-state index in [2.05, 4.69) is 4.90 Å². The molecule has 3 atom stereocenters. The van der Waals surface area contributed by atoms with Crippen LogP contribution in [0.3, 0.4) is 0 Å². The minimum atomic E-state index is -0.448. The second kappa shape index (κ2) is 8.95. The Morgan fingerprint density at radius 1 is 1.25 bits per heavy atom. The van der Waals surface area contributed by atoms with E-state index >= 15 is 0 Å². The van der Waals surface area contributed by atoms with Crippen molar-refractivity contribution < 1.29 is 19.7 Å². The van der Waals surface area contributed by atoms with E-state index in [1.54, 1.807) is 0 Å². The van der Waals surface area contributed by atoms with Gasteiger partial charge in [0.1, 0.15) is 0 Å². The van der Waals surface area contributed by atoms with Crippen LogP contribution in [0.15, 0.2) is 0 Å². The second-order valence-corrected chi connectivity index (χ2v) is 5.98. The fourth-order valence-corrected chi connectivity index (χ4v) is 3.21. The number of piperidine rings is 1. The van der Waals surface area contributed by atoms with E-state index in [9.17, 15) is 5.11 Å². The lowest BCUT2D eigenvalue weighted by Crippen LogP contribution is -2.45. The van der Waals surface area contributed by atoms with E-state index in [0.29, 0.717) is 25.8 Å². The third-order valence-electron chi connectivity index (χ3n) is 4.29. The van der Waals surface area contributed by atoms with Gasteiger partial charge in [0, 0.05) is 25.8 Å². The third-order valence-corrected chi connectivity index (χ3v) is 4.29. The third kappa shape index (κ3) is 5.30. The standard InChI is InChI=1S/C15H29NO4/c17-8-6-13-4-1-2-7-16(13)10-14(18)11-19-12-15-5-3-9-20-15/h13-15,17-18H,1-12H2/t13-,14-,15+/m0/s1. The molecule has 0 radical (unpaired) electrons. The quantitative estimate of drug-likeness (QED) is 0.691. The fourth-order valence-electron chi connectivity index (χ4n) is 3.21. The van der Waals surface area contributed by atoms with E-state index in [4.69, 9.17) is 14.6 Å². The van der Waals surface area contributed by atoms with Crippen LogP contribution < -0.4 is 0 Å². The van der Waals surface area contributed by atoms with Crippen LogP contribution in [0.4, 0.5) is 0 Å². The average molecular weight is 287 g/mol. The Balaban J connectivity index is 1.62. The van der Waals surface area contributed by atoms with Gasteiger partial charge in [-0.1, -0.05) is 6.42 Å². The maximum Gasteiger partial charge on any atom is 0.0900 e. The first-order chi connectivity index (χ1) is 9.79. The Labute approximate surface area is 121 Å². The number of likely N-dealkylation sites (tertiary alicyclic amines) is 1. The van der Waals surface area contributed by atoms with E-state index in [-0.39, 0.29) is 12.7 Å². The van der Waals surface area contributed by atoms with Crippen molar-refractivity contribution in [3.63, 3.8) is 0 Å². The smallest absolute Gasteiger partial charge is 0.0900 e. The predicted octanol–water partition coefficient (Wildman–Crippen LogP) is 0.780. The summed E-state index contributed by atoms with van der Waals surface area (Å²) in [6, 6.07) is 0.418. The first-order valence-corrected chi connectivity index (χ1v) is 8.02. The van der Waals surface area contributed by atoms with Gasteiger partial charge in [-0.3, -0.25) is 4.90 Å². The molecule has 0 saturated carbocycles. The topological polar surface area (TPSA) is 62.2 Å². The highest BCUT2D eigenvalue weighted by Crippen LogP contribution is 2.19. The minimum Gasteiger partial charge on any atom is -0.396 e. The van der Waals surface area contributed by atoms with Gasteiger partial charge >= 0.3 is 0 Å². The molecule has 0 amide bonds. The molecule has 2 aliphatic heterocycles. The van der Waals surface area contributed by atoms with Crippen LogP contribution in [0, 0.1) is 0 Å². The molecule has 20 heavy (non-hydrogen) atoms. The first-order valence-electron chi connectivity index (χ1n) is 8.02. The van der Waals surface area contributed by atoms with Crippen LogP contribution in [0.1, 0.15) is 38.5 Å². The van der Waals surface area contributed by atoms with Gasteiger partial charge in [0.15, 0.2) is 0 Å². The van der Waals surface area contributed by atoms with Gasteiger partial charge < -0.3 is 19.7 Å².